The predicted octanol–water partition coefficient (Wildman–Crippen LogP) is 5.23. The van der Waals surface area contributed by atoms with Crippen molar-refractivity contribution < 1.29 is 5.11 Å². The first kappa shape index (κ1) is 17.8. The number of nitrogens with zero attached hydrogens (tertiary/aromatic N) is 1. The van der Waals surface area contributed by atoms with E-state index >= 15 is 0 Å². The third-order valence-corrected chi connectivity index (χ3v) is 5.04. The lowest BCUT2D eigenvalue weighted by atomic mass is 10.1. The van der Waals surface area contributed by atoms with Gasteiger partial charge in [-0.25, -0.2) is 0 Å². The van der Waals surface area contributed by atoms with Crippen LogP contribution < -0.4 is 0 Å². The Bertz CT molecular complexity index is 646. The fourth-order valence-electron chi connectivity index (χ4n) is 2.28. The molecule has 5 heteroatoms. The summed E-state index contributed by atoms with van der Waals surface area (Å²) in [6.45, 7) is 3.09. The summed E-state index contributed by atoms with van der Waals surface area (Å²) in [5.74, 6) is 0. The molecular formula is C17H18BrCl2NO. The van der Waals surface area contributed by atoms with Crippen LogP contribution in [0, 0.1) is 6.92 Å². The molecule has 22 heavy (non-hydrogen) atoms. The summed E-state index contributed by atoms with van der Waals surface area (Å²) < 4.78 is 1.00. The first-order valence-electron chi connectivity index (χ1n) is 6.94. The van der Waals surface area contributed by atoms with Crippen LogP contribution in [0.15, 0.2) is 40.9 Å². The first-order valence-corrected chi connectivity index (χ1v) is 8.49. The molecule has 1 N–H and O–H groups in total. The van der Waals surface area contributed by atoms with E-state index in [9.17, 15) is 5.11 Å². The molecule has 118 valence electrons. The summed E-state index contributed by atoms with van der Waals surface area (Å²) in [6.07, 6.45) is -0.537. The van der Waals surface area contributed by atoms with Crippen molar-refractivity contribution in [2.24, 2.45) is 0 Å². The van der Waals surface area contributed by atoms with Crippen LogP contribution in [-0.2, 0) is 6.54 Å². The number of likely N-dealkylation sites (N-methyl/N-ethyl adjacent to an activating group) is 1. The Kier molecular flexibility index (Phi) is 6.30. The molecule has 0 aliphatic rings. The Hall–Kier alpha value is -0.580. The number of aliphatic hydroxyl groups excluding tert-OH is 1. The van der Waals surface area contributed by atoms with Gasteiger partial charge in [0.15, 0.2) is 0 Å². The highest BCUT2D eigenvalue weighted by Crippen LogP contribution is 2.28. The maximum atomic E-state index is 10.3. The fourth-order valence-corrected chi connectivity index (χ4v) is 2.98. The summed E-state index contributed by atoms with van der Waals surface area (Å²) in [5, 5.41) is 11.7. The molecule has 0 amide bonds. The van der Waals surface area contributed by atoms with Crippen molar-refractivity contribution in [2.75, 3.05) is 13.6 Å². The maximum absolute atomic E-state index is 10.3. The molecule has 2 rings (SSSR count). The van der Waals surface area contributed by atoms with Crippen molar-refractivity contribution in [2.45, 2.75) is 19.6 Å². The van der Waals surface area contributed by atoms with Gasteiger partial charge in [0.2, 0.25) is 0 Å². The van der Waals surface area contributed by atoms with E-state index in [0.29, 0.717) is 23.1 Å². The van der Waals surface area contributed by atoms with E-state index in [1.54, 1.807) is 0 Å². The molecule has 2 nitrogen and oxygen atoms in total. The minimum Gasteiger partial charge on any atom is -0.387 e. The first-order chi connectivity index (χ1) is 10.4. The van der Waals surface area contributed by atoms with Crippen LogP contribution in [0.4, 0.5) is 0 Å². The molecule has 0 bridgehead atoms. The average Bonchev–Trinajstić information content (AvgIpc) is 2.48. The molecule has 2 aromatic carbocycles. The Balaban J connectivity index is 2.02. The van der Waals surface area contributed by atoms with Crippen molar-refractivity contribution in [3.63, 3.8) is 0 Å². The molecule has 0 aliphatic carbocycles. The Morgan fingerprint density at radius 2 is 1.77 bits per heavy atom. The van der Waals surface area contributed by atoms with Crippen molar-refractivity contribution in [3.8, 4) is 0 Å². The standard InChI is InChI=1S/C17H18BrCl2NO/c1-11-15(19)8-5-13(17(11)20)9-21(2)10-16(22)12-3-6-14(18)7-4-12/h3-8,16,22H,9-10H2,1-2H3. The van der Waals surface area contributed by atoms with Crippen molar-refractivity contribution in [1.29, 1.82) is 0 Å². The highest BCUT2D eigenvalue weighted by atomic mass is 79.9. The third-order valence-electron chi connectivity index (χ3n) is 3.58. The van der Waals surface area contributed by atoms with Crippen LogP contribution in [0.1, 0.15) is 22.8 Å². The monoisotopic (exact) mass is 401 g/mol. The number of benzene rings is 2. The van der Waals surface area contributed by atoms with Gasteiger partial charge in [-0.1, -0.05) is 57.3 Å². The van der Waals surface area contributed by atoms with Gasteiger partial charge in [-0.15, -0.1) is 0 Å². The van der Waals surface area contributed by atoms with Crippen LogP contribution in [0.25, 0.3) is 0 Å². The second-order valence-corrected chi connectivity index (χ2v) is 7.11. The van der Waals surface area contributed by atoms with E-state index in [2.05, 4.69) is 15.9 Å². The van der Waals surface area contributed by atoms with Gasteiger partial charge in [-0.05, 0) is 48.9 Å². The zero-order valence-corrected chi connectivity index (χ0v) is 15.6. The van der Waals surface area contributed by atoms with Gasteiger partial charge in [0.25, 0.3) is 0 Å². The van der Waals surface area contributed by atoms with Crippen LogP contribution in [0.2, 0.25) is 10.0 Å². The number of rotatable bonds is 5. The smallest absolute Gasteiger partial charge is 0.0916 e. The molecule has 1 atom stereocenters. The summed E-state index contributed by atoms with van der Waals surface area (Å²) in [7, 11) is 1.96. The lowest BCUT2D eigenvalue weighted by Gasteiger charge is -2.22. The average molecular weight is 403 g/mol. The topological polar surface area (TPSA) is 23.5 Å². The van der Waals surface area contributed by atoms with E-state index in [0.717, 1.165) is 21.2 Å². The fraction of sp³-hybridized carbons (Fsp3) is 0.294. The second-order valence-electron chi connectivity index (χ2n) is 5.41. The highest BCUT2D eigenvalue weighted by molar-refractivity contribution is 9.10. The molecule has 1 unspecified atom stereocenters. The number of aliphatic hydroxyl groups is 1. The van der Waals surface area contributed by atoms with E-state index in [4.69, 9.17) is 23.2 Å². The minimum absolute atomic E-state index is 0.527. The largest absolute Gasteiger partial charge is 0.387 e. The van der Waals surface area contributed by atoms with E-state index in [1.807, 2.05) is 55.3 Å². The van der Waals surface area contributed by atoms with Crippen molar-refractivity contribution in [3.05, 3.63) is 67.6 Å². The summed E-state index contributed by atoms with van der Waals surface area (Å²) in [5.41, 5.74) is 2.80. The van der Waals surface area contributed by atoms with Crippen LogP contribution in [0.3, 0.4) is 0 Å². The van der Waals surface area contributed by atoms with E-state index in [-0.39, 0.29) is 0 Å². The molecule has 0 radical (unpaired) electrons. The number of hydrogen-bond donors (Lipinski definition) is 1. The van der Waals surface area contributed by atoms with Gasteiger partial charge in [0, 0.05) is 27.6 Å². The van der Waals surface area contributed by atoms with Gasteiger partial charge < -0.3 is 5.11 Å². The molecule has 0 heterocycles. The molecular weight excluding hydrogens is 385 g/mol. The van der Waals surface area contributed by atoms with Crippen molar-refractivity contribution >= 4 is 39.1 Å². The zero-order chi connectivity index (χ0) is 16.3. The van der Waals surface area contributed by atoms with E-state index < -0.39 is 6.10 Å². The summed E-state index contributed by atoms with van der Waals surface area (Å²) >= 11 is 15.8. The third kappa shape index (κ3) is 4.46. The Morgan fingerprint density at radius 1 is 1.14 bits per heavy atom. The second kappa shape index (κ2) is 7.80. The van der Waals surface area contributed by atoms with Crippen LogP contribution in [0.5, 0.6) is 0 Å². The molecule has 0 aromatic heterocycles. The molecule has 0 spiro atoms. The molecule has 2 aromatic rings. The minimum atomic E-state index is -0.537. The summed E-state index contributed by atoms with van der Waals surface area (Å²) in [4.78, 5) is 2.04. The van der Waals surface area contributed by atoms with Crippen LogP contribution in [-0.4, -0.2) is 23.6 Å². The van der Waals surface area contributed by atoms with Crippen LogP contribution >= 0.6 is 39.1 Å². The van der Waals surface area contributed by atoms with Gasteiger partial charge >= 0.3 is 0 Å². The SMILES string of the molecule is Cc1c(Cl)ccc(CN(C)CC(O)c2ccc(Br)cc2)c1Cl. The highest BCUT2D eigenvalue weighted by Gasteiger charge is 2.13. The molecule has 0 saturated heterocycles. The molecule has 0 fully saturated rings. The van der Waals surface area contributed by atoms with Gasteiger partial charge in [0.05, 0.1) is 6.10 Å². The molecule has 0 saturated carbocycles. The Labute approximate surface area is 149 Å². The lowest BCUT2D eigenvalue weighted by Crippen LogP contribution is -2.24. The van der Waals surface area contributed by atoms with Gasteiger partial charge in [-0.3, -0.25) is 4.90 Å². The number of hydrogen-bond acceptors (Lipinski definition) is 2. The lowest BCUT2D eigenvalue weighted by molar-refractivity contribution is 0.124. The summed E-state index contributed by atoms with van der Waals surface area (Å²) in [6, 6.07) is 11.5. The number of halogens is 3. The maximum Gasteiger partial charge on any atom is 0.0916 e. The predicted molar refractivity (Wildman–Crippen MR) is 96.6 cm³/mol. The van der Waals surface area contributed by atoms with Gasteiger partial charge in [-0.2, -0.15) is 0 Å². The van der Waals surface area contributed by atoms with Gasteiger partial charge in [0.1, 0.15) is 0 Å². The normalized spacial score (nSPS) is 12.7. The Morgan fingerprint density at radius 3 is 2.41 bits per heavy atom. The van der Waals surface area contributed by atoms with E-state index in [1.165, 1.54) is 0 Å². The zero-order valence-electron chi connectivity index (χ0n) is 12.5. The quantitative estimate of drug-likeness (QED) is 0.739. The van der Waals surface area contributed by atoms with Crippen molar-refractivity contribution in [1.82, 2.24) is 4.90 Å². The molecule has 0 aliphatic heterocycles.